The molecule has 10 aromatic carbocycles. The van der Waals surface area contributed by atoms with E-state index in [1.165, 1.54) is 64.2 Å². The molecular formula is C61H36N2OS. The van der Waals surface area contributed by atoms with Crippen LogP contribution in [0.5, 0.6) is 0 Å². The highest BCUT2D eigenvalue weighted by Gasteiger charge is 2.20. The molecule has 65 heavy (non-hydrogen) atoms. The molecule has 4 aromatic heterocycles. The summed E-state index contributed by atoms with van der Waals surface area (Å²) in [4.78, 5) is 14.6. The van der Waals surface area contributed by atoms with Crippen molar-refractivity contribution in [2.24, 2.45) is 0 Å². The number of fused-ring (bicyclic) bond motifs is 11. The van der Waals surface area contributed by atoms with Crippen molar-refractivity contribution in [1.82, 2.24) is 8.97 Å². The first-order chi connectivity index (χ1) is 32.1. The number of pyridine rings is 1. The average Bonchev–Trinajstić information content (AvgIpc) is 4.03. The molecule has 3 nitrogen and oxygen atoms in total. The summed E-state index contributed by atoms with van der Waals surface area (Å²) < 4.78 is 6.84. The smallest absolute Gasteiger partial charge is 0.263 e. The van der Waals surface area contributed by atoms with Crippen molar-refractivity contribution in [3.05, 3.63) is 229 Å². The lowest BCUT2D eigenvalue weighted by Crippen LogP contribution is -2.12. The summed E-state index contributed by atoms with van der Waals surface area (Å²) in [5, 5.41) is 9.89. The van der Waals surface area contributed by atoms with Crippen molar-refractivity contribution in [2.75, 3.05) is 0 Å². The number of hydrogen-bond donors (Lipinski definition) is 0. The van der Waals surface area contributed by atoms with Crippen molar-refractivity contribution in [1.29, 1.82) is 0 Å². The van der Waals surface area contributed by atoms with Gasteiger partial charge in [-0.25, -0.2) is 0 Å². The van der Waals surface area contributed by atoms with Crippen LogP contribution in [0.1, 0.15) is 0 Å². The number of thiophene rings is 1. The normalized spacial score (nSPS) is 12.1. The number of aromatic nitrogens is 2. The molecule has 302 valence electrons. The van der Waals surface area contributed by atoms with Gasteiger partial charge in [-0.1, -0.05) is 146 Å². The minimum Gasteiger partial charge on any atom is -0.309 e. The van der Waals surface area contributed by atoms with Gasteiger partial charge in [-0.3, -0.25) is 9.20 Å². The largest absolute Gasteiger partial charge is 0.309 e. The van der Waals surface area contributed by atoms with Crippen LogP contribution < -0.4 is 5.56 Å². The summed E-state index contributed by atoms with van der Waals surface area (Å²) in [7, 11) is 0. The van der Waals surface area contributed by atoms with Gasteiger partial charge in [0.15, 0.2) is 0 Å². The third kappa shape index (κ3) is 5.38. The van der Waals surface area contributed by atoms with Crippen LogP contribution in [-0.2, 0) is 0 Å². The predicted molar refractivity (Wildman–Crippen MR) is 276 cm³/mol. The fraction of sp³-hybridized carbons (Fsp3) is 0. The van der Waals surface area contributed by atoms with E-state index in [4.69, 9.17) is 0 Å². The van der Waals surface area contributed by atoms with E-state index in [1.807, 2.05) is 27.9 Å². The molecule has 0 atom stereocenters. The predicted octanol–water partition coefficient (Wildman–Crippen LogP) is 16.3. The Labute approximate surface area is 377 Å². The molecule has 0 fully saturated rings. The van der Waals surface area contributed by atoms with E-state index in [0.29, 0.717) is 0 Å². The number of benzene rings is 10. The topological polar surface area (TPSA) is 26.4 Å². The van der Waals surface area contributed by atoms with Crippen molar-refractivity contribution < 1.29 is 0 Å². The van der Waals surface area contributed by atoms with Crippen molar-refractivity contribution in [2.45, 2.75) is 0 Å². The SMILES string of the molecule is O=c1c2ccc(-c3cccc4sc5ccc(-n6c7ccccc7c7cc(-c8cccc(-c9ccccc9)c8)ccc76)cc5c34)cc2c2cccc3c4cc(-c5ccccc5)ccc4n1c23. The monoisotopic (exact) mass is 844 g/mol. The van der Waals surface area contributed by atoms with Gasteiger partial charge in [-0.15, -0.1) is 11.3 Å². The molecule has 0 N–H and O–H groups in total. The van der Waals surface area contributed by atoms with Gasteiger partial charge in [0.2, 0.25) is 0 Å². The Morgan fingerprint density at radius 3 is 1.69 bits per heavy atom. The summed E-state index contributed by atoms with van der Waals surface area (Å²) >= 11 is 1.83. The Balaban J connectivity index is 0.928. The molecule has 0 radical (unpaired) electrons. The van der Waals surface area contributed by atoms with Crippen molar-refractivity contribution in [3.8, 4) is 50.2 Å². The summed E-state index contributed by atoms with van der Waals surface area (Å²) in [5.41, 5.74) is 14.8. The van der Waals surface area contributed by atoms with Gasteiger partial charge in [0.1, 0.15) is 0 Å². The fourth-order valence-electron chi connectivity index (χ4n) is 10.7. The summed E-state index contributed by atoms with van der Waals surface area (Å²) in [6, 6.07) is 78.6. The van der Waals surface area contributed by atoms with Crippen LogP contribution in [0.3, 0.4) is 0 Å². The summed E-state index contributed by atoms with van der Waals surface area (Å²) in [6.45, 7) is 0. The van der Waals surface area contributed by atoms with Gasteiger partial charge in [0, 0.05) is 58.2 Å². The Hall–Kier alpha value is -8.31. The molecule has 0 saturated carbocycles. The average molecular weight is 845 g/mol. The zero-order valence-corrected chi connectivity index (χ0v) is 35.8. The summed E-state index contributed by atoms with van der Waals surface area (Å²) in [5.74, 6) is 0. The molecule has 14 aromatic rings. The number of nitrogens with zero attached hydrogens (tertiary/aromatic N) is 2. The first-order valence-corrected chi connectivity index (χ1v) is 22.9. The number of para-hydroxylation sites is 2. The zero-order valence-electron chi connectivity index (χ0n) is 35.0. The maximum Gasteiger partial charge on any atom is 0.263 e. The van der Waals surface area contributed by atoms with Gasteiger partial charge < -0.3 is 4.57 Å². The second-order valence-corrected chi connectivity index (χ2v) is 18.3. The van der Waals surface area contributed by atoms with Crippen LogP contribution in [0.15, 0.2) is 223 Å². The quantitative estimate of drug-likeness (QED) is 0.159. The molecule has 4 heterocycles. The number of rotatable bonds is 5. The highest BCUT2D eigenvalue weighted by Crippen LogP contribution is 2.44. The molecule has 0 aliphatic carbocycles. The standard InChI is InChI=1S/C61H36N2OS/c64-61-49-28-24-43(35-50(49)47-20-10-21-48-52-33-41(38-14-5-2-6-15-38)25-30-56(52)63(61)60(47)48)45-19-11-23-58-59(45)53-36-44(27-31-57(53)65-58)62-54-22-8-7-18-46(54)51-34-42(26-29-55(51)62)40-17-9-16-39(32-40)37-12-3-1-4-13-37/h1-36H. The Morgan fingerprint density at radius 1 is 0.323 bits per heavy atom. The van der Waals surface area contributed by atoms with Crippen molar-refractivity contribution >= 4 is 91.3 Å². The van der Waals surface area contributed by atoms with E-state index in [1.54, 1.807) is 0 Å². The first kappa shape index (κ1) is 36.2. The van der Waals surface area contributed by atoms with Crippen LogP contribution in [0, 0.1) is 0 Å². The third-order valence-corrected chi connectivity index (χ3v) is 14.8. The van der Waals surface area contributed by atoms with E-state index >= 15 is 0 Å². The van der Waals surface area contributed by atoms with E-state index in [-0.39, 0.29) is 5.56 Å². The van der Waals surface area contributed by atoms with Crippen LogP contribution >= 0.6 is 11.3 Å². The van der Waals surface area contributed by atoms with Gasteiger partial charge in [0.25, 0.3) is 5.56 Å². The highest BCUT2D eigenvalue weighted by atomic mass is 32.1. The minimum atomic E-state index is 0.0144. The maximum absolute atomic E-state index is 14.6. The van der Waals surface area contributed by atoms with E-state index < -0.39 is 0 Å². The lowest BCUT2D eigenvalue weighted by molar-refractivity contribution is 1.19. The molecule has 0 aliphatic heterocycles. The van der Waals surface area contributed by atoms with E-state index in [9.17, 15) is 4.79 Å². The molecule has 0 aliphatic rings. The van der Waals surface area contributed by atoms with Crippen LogP contribution in [-0.4, -0.2) is 8.97 Å². The maximum atomic E-state index is 14.6. The number of hydrogen-bond acceptors (Lipinski definition) is 2. The van der Waals surface area contributed by atoms with Crippen LogP contribution in [0.25, 0.3) is 130 Å². The molecule has 0 amide bonds. The fourth-order valence-corrected chi connectivity index (χ4v) is 11.8. The molecule has 4 heteroatoms. The molecule has 0 unspecified atom stereocenters. The van der Waals surface area contributed by atoms with E-state index in [2.05, 4.69) is 211 Å². The summed E-state index contributed by atoms with van der Waals surface area (Å²) in [6.07, 6.45) is 0. The Bertz CT molecular complexity index is 4310. The van der Waals surface area contributed by atoms with E-state index in [0.717, 1.165) is 65.9 Å². The van der Waals surface area contributed by atoms with Crippen molar-refractivity contribution in [3.63, 3.8) is 0 Å². The van der Waals surface area contributed by atoms with Gasteiger partial charge in [-0.2, -0.15) is 0 Å². The highest BCUT2D eigenvalue weighted by molar-refractivity contribution is 7.26. The lowest BCUT2D eigenvalue weighted by Gasteiger charge is -2.11. The molecule has 14 rings (SSSR count). The zero-order chi connectivity index (χ0) is 42.8. The second kappa shape index (κ2) is 13.8. The first-order valence-electron chi connectivity index (χ1n) is 22.1. The molecule has 0 bridgehead atoms. The van der Waals surface area contributed by atoms with Crippen LogP contribution in [0.4, 0.5) is 0 Å². The molecule has 0 spiro atoms. The van der Waals surface area contributed by atoms with Gasteiger partial charge >= 0.3 is 0 Å². The molecule has 0 saturated heterocycles. The second-order valence-electron chi connectivity index (χ2n) is 17.2. The third-order valence-electron chi connectivity index (χ3n) is 13.7. The van der Waals surface area contributed by atoms with Crippen LogP contribution in [0.2, 0.25) is 0 Å². The molecular weight excluding hydrogens is 809 g/mol. The van der Waals surface area contributed by atoms with Gasteiger partial charge in [0.05, 0.1) is 22.1 Å². The Kier molecular flexibility index (Phi) is 7.71. The van der Waals surface area contributed by atoms with Gasteiger partial charge in [-0.05, 0) is 123 Å². The Morgan fingerprint density at radius 2 is 0.892 bits per heavy atom. The lowest BCUT2D eigenvalue weighted by atomic mass is 9.95. The minimum absolute atomic E-state index is 0.0144.